The van der Waals surface area contributed by atoms with E-state index in [9.17, 15) is 13.6 Å². The van der Waals surface area contributed by atoms with Gasteiger partial charge in [-0.15, -0.1) is 0 Å². The van der Waals surface area contributed by atoms with Crippen LogP contribution >= 0.6 is 0 Å². The number of fused-ring (bicyclic) bond motifs is 2. The average Bonchev–Trinajstić information content (AvgIpc) is 2.76. The van der Waals surface area contributed by atoms with Crippen molar-refractivity contribution in [1.82, 2.24) is 0 Å². The highest BCUT2D eigenvalue weighted by atomic mass is 19.1. The van der Waals surface area contributed by atoms with Crippen molar-refractivity contribution in [3.05, 3.63) is 47.0 Å². The smallest absolute Gasteiger partial charge is 0.340 e. The first-order valence-electron chi connectivity index (χ1n) is 11.5. The largest absolute Gasteiger partial charge is 0.465 e. The summed E-state index contributed by atoms with van der Waals surface area (Å²) >= 11 is 0. The topological polar surface area (TPSA) is 26.3 Å². The third kappa shape index (κ3) is 4.10. The van der Waals surface area contributed by atoms with Gasteiger partial charge >= 0.3 is 5.97 Å². The summed E-state index contributed by atoms with van der Waals surface area (Å²) in [6, 6.07) is 6.42. The van der Waals surface area contributed by atoms with Gasteiger partial charge in [0, 0.05) is 0 Å². The van der Waals surface area contributed by atoms with E-state index in [-0.39, 0.29) is 10.9 Å². The summed E-state index contributed by atoms with van der Waals surface area (Å²) in [5, 5.41) is 0.396. The summed E-state index contributed by atoms with van der Waals surface area (Å²) in [6.07, 6.45) is 11.4. The molecule has 2 aliphatic rings. The summed E-state index contributed by atoms with van der Waals surface area (Å²) in [6.45, 7) is 2.27. The molecule has 4 atom stereocenters. The van der Waals surface area contributed by atoms with Crippen LogP contribution in [-0.4, -0.2) is 13.1 Å². The molecule has 4 rings (SSSR count). The van der Waals surface area contributed by atoms with Crippen molar-refractivity contribution in [2.45, 2.75) is 70.6 Å². The standard InChI is InChI=1S/C26H32F2O2/c1-3-4-5-16-6-7-18-13-19(9-8-17(18)12-16)21-14-20-10-11-22(26(29)30-2)25(28)24(20)23(27)15-21/h10-11,14-19H,3-9,12-13H2,1-2H3. The van der Waals surface area contributed by atoms with Gasteiger partial charge in [-0.05, 0) is 78.9 Å². The molecule has 30 heavy (non-hydrogen) atoms. The molecule has 2 saturated carbocycles. The van der Waals surface area contributed by atoms with Gasteiger partial charge in [-0.3, -0.25) is 0 Å². The Morgan fingerprint density at radius 1 is 1.07 bits per heavy atom. The van der Waals surface area contributed by atoms with Gasteiger partial charge in [0.1, 0.15) is 11.6 Å². The molecule has 2 aromatic carbocycles. The Labute approximate surface area is 178 Å². The van der Waals surface area contributed by atoms with Gasteiger partial charge in [-0.2, -0.15) is 0 Å². The van der Waals surface area contributed by atoms with Crippen molar-refractivity contribution in [3.63, 3.8) is 0 Å². The number of carbonyl (C=O) groups excluding carboxylic acids is 1. The molecule has 2 aromatic rings. The van der Waals surface area contributed by atoms with Crippen LogP contribution < -0.4 is 0 Å². The summed E-state index contributed by atoms with van der Waals surface area (Å²) in [5.74, 6) is 0.578. The second-order valence-corrected chi connectivity index (χ2v) is 9.37. The first kappa shape index (κ1) is 21.3. The molecule has 4 unspecified atom stereocenters. The van der Waals surface area contributed by atoms with Crippen LogP contribution in [0.15, 0.2) is 24.3 Å². The number of unbranched alkanes of at least 4 members (excludes halogenated alkanes) is 1. The van der Waals surface area contributed by atoms with E-state index in [1.165, 1.54) is 64.2 Å². The molecule has 0 N–H and O–H groups in total. The fourth-order valence-electron chi connectivity index (χ4n) is 5.94. The van der Waals surface area contributed by atoms with E-state index >= 15 is 0 Å². The Morgan fingerprint density at radius 2 is 1.83 bits per heavy atom. The molecule has 0 aliphatic heterocycles. The first-order chi connectivity index (χ1) is 14.5. The quantitative estimate of drug-likeness (QED) is 0.477. The second-order valence-electron chi connectivity index (χ2n) is 9.37. The Hall–Kier alpha value is -1.97. The van der Waals surface area contributed by atoms with Crippen molar-refractivity contribution >= 4 is 16.7 Å². The molecule has 0 heterocycles. The molecule has 4 heteroatoms. The van der Waals surface area contributed by atoms with Gasteiger partial charge in [-0.1, -0.05) is 44.7 Å². The molecule has 0 bridgehead atoms. The van der Waals surface area contributed by atoms with Gasteiger partial charge in [0.25, 0.3) is 0 Å². The molecule has 2 nitrogen and oxygen atoms in total. The van der Waals surface area contributed by atoms with Crippen LogP contribution in [-0.2, 0) is 4.74 Å². The van der Waals surface area contributed by atoms with Crippen molar-refractivity contribution < 1.29 is 18.3 Å². The van der Waals surface area contributed by atoms with E-state index in [1.807, 2.05) is 6.07 Å². The lowest BCUT2D eigenvalue weighted by molar-refractivity contribution is 0.0596. The van der Waals surface area contributed by atoms with Crippen molar-refractivity contribution in [3.8, 4) is 0 Å². The lowest BCUT2D eigenvalue weighted by atomic mass is 9.63. The number of hydrogen-bond donors (Lipinski definition) is 0. The summed E-state index contributed by atoms with van der Waals surface area (Å²) in [5.41, 5.74) is 0.744. The molecule has 0 aromatic heterocycles. The molecule has 0 radical (unpaired) electrons. The zero-order valence-electron chi connectivity index (χ0n) is 18.1. The van der Waals surface area contributed by atoms with Gasteiger partial charge in [0.15, 0.2) is 0 Å². The SMILES string of the molecule is CCCCC1CCC2CC(c3cc(F)c4c(F)c(C(=O)OC)ccc4c3)CCC2C1. The Kier molecular flexibility index (Phi) is 6.40. The third-order valence-corrected chi connectivity index (χ3v) is 7.59. The lowest BCUT2D eigenvalue weighted by Crippen LogP contribution is -2.30. The van der Waals surface area contributed by atoms with E-state index in [0.717, 1.165) is 36.2 Å². The van der Waals surface area contributed by atoms with Crippen LogP contribution in [0.4, 0.5) is 8.78 Å². The highest BCUT2D eigenvalue weighted by molar-refractivity contribution is 5.96. The molecular formula is C26H32F2O2. The molecule has 2 fully saturated rings. The van der Waals surface area contributed by atoms with E-state index in [2.05, 4.69) is 11.7 Å². The van der Waals surface area contributed by atoms with Crippen LogP contribution in [0.1, 0.15) is 86.6 Å². The number of methoxy groups -OCH3 is 1. The predicted octanol–water partition coefficient (Wildman–Crippen LogP) is 7.39. The number of carbonyl (C=O) groups is 1. The predicted molar refractivity (Wildman–Crippen MR) is 116 cm³/mol. The molecule has 0 amide bonds. The molecule has 0 saturated heterocycles. The van der Waals surface area contributed by atoms with Crippen LogP contribution in [0.25, 0.3) is 10.8 Å². The Morgan fingerprint density at radius 3 is 2.60 bits per heavy atom. The fraction of sp³-hybridized carbons (Fsp3) is 0.577. The Balaban J connectivity index is 1.53. The molecule has 162 valence electrons. The molecule has 2 aliphatic carbocycles. The monoisotopic (exact) mass is 414 g/mol. The zero-order valence-corrected chi connectivity index (χ0v) is 18.1. The number of esters is 1. The minimum absolute atomic E-state index is 0.119. The van der Waals surface area contributed by atoms with Crippen molar-refractivity contribution in [1.29, 1.82) is 0 Å². The van der Waals surface area contributed by atoms with Crippen molar-refractivity contribution in [2.24, 2.45) is 17.8 Å². The van der Waals surface area contributed by atoms with Crippen LogP contribution in [0.2, 0.25) is 0 Å². The van der Waals surface area contributed by atoms with Crippen LogP contribution in [0.5, 0.6) is 0 Å². The fourth-order valence-corrected chi connectivity index (χ4v) is 5.94. The van der Waals surface area contributed by atoms with Gasteiger partial charge in [-0.25, -0.2) is 13.6 Å². The average molecular weight is 415 g/mol. The highest BCUT2D eigenvalue weighted by Crippen LogP contribution is 2.48. The number of rotatable bonds is 5. The van der Waals surface area contributed by atoms with Crippen LogP contribution in [0.3, 0.4) is 0 Å². The number of hydrogen-bond acceptors (Lipinski definition) is 2. The maximum absolute atomic E-state index is 14.9. The van der Waals surface area contributed by atoms with Crippen LogP contribution in [0, 0.1) is 29.4 Å². The third-order valence-electron chi connectivity index (χ3n) is 7.59. The van der Waals surface area contributed by atoms with E-state index in [1.54, 1.807) is 6.07 Å². The first-order valence-corrected chi connectivity index (χ1v) is 11.5. The maximum atomic E-state index is 14.9. The number of halogens is 2. The minimum atomic E-state index is -0.836. The highest BCUT2D eigenvalue weighted by Gasteiger charge is 2.36. The minimum Gasteiger partial charge on any atom is -0.465 e. The number of ether oxygens (including phenoxy) is 1. The molecular weight excluding hydrogens is 382 g/mol. The zero-order chi connectivity index (χ0) is 21.3. The summed E-state index contributed by atoms with van der Waals surface area (Å²) in [7, 11) is 1.19. The Bertz CT molecular complexity index is 923. The summed E-state index contributed by atoms with van der Waals surface area (Å²) < 4.78 is 34.3. The summed E-state index contributed by atoms with van der Waals surface area (Å²) in [4.78, 5) is 11.7. The van der Waals surface area contributed by atoms with Gasteiger partial charge in [0.2, 0.25) is 0 Å². The van der Waals surface area contributed by atoms with Crippen molar-refractivity contribution in [2.75, 3.05) is 7.11 Å². The van der Waals surface area contributed by atoms with Gasteiger partial charge in [0.05, 0.1) is 18.1 Å². The maximum Gasteiger partial charge on any atom is 0.340 e. The van der Waals surface area contributed by atoms with E-state index in [0.29, 0.717) is 11.3 Å². The van der Waals surface area contributed by atoms with Gasteiger partial charge < -0.3 is 4.74 Å². The molecule has 0 spiro atoms. The lowest BCUT2D eigenvalue weighted by Gasteiger charge is -2.42. The van der Waals surface area contributed by atoms with E-state index in [4.69, 9.17) is 0 Å². The second kappa shape index (κ2) is 9.03. The number of benzene rings is 2. The normalized spacial score (nSPS) is 26.4. The van der Waals surface area contributed by atoms with E-state index < -0.39 is 17.6 Å².